The van der Waals surface area contributed by atoms with E-state index in [1.807, 2.05) is 31.2 Å². The minimum absolute atomic E-state index is 0.234. The van der Waals surface area contributed by atoms with Crippen molar-refractivity contribution in [1.29, 1.82) is 0 Å². The van der Waals surface area contributed by atoms with Gasteiger partial charge in [-0.25, -0.2) is 9.07 Å². The number of anilines is 1. The molecule has 3 rings (SSSR count). The molecule has 0 bridgehead atoms. The smallest absolute Gasteiger partial charge is 0.237 e. The molecule has 0 saturated carbocycles. The molecule has 0 aliphatic carbocycles. The number of benzene rings is 2. The molecule has 2 aromatic carbocycles. The molecule has 3 N–H and O–H groups in total. The van der Waals surface area contributed by atoms with Crippen LogP contribution in [0, 0.1) is 12.7 Å². The molecule has 0 spiro atoms. The average Bonchev–Trinajstić information content (AvgIpc) is 2.98. The second-order valence-electron chi connectivity index (χ2n) is 5.75. The van der Waals surface area contributed by atoms with Crippen LogP contribution in [0.25, 0.3) is 11.4 Å². The zero-order valence-corrected chi connectivity index (χ0v) is 15.1. The van der Waals surface area contributed by atoms with E-state index in [1.54, 1.807) is 6.92 Å². The highest BCUT2D eigenvalue weighted by Crippen LogP contribution is 2.26. The van der Waals surface area contributed by atoms with Crippen molar-refractivity contribution in [3.05, 3.63) is 59.9 Å². The van der Waals surface area contributed by atoms with Crippen molar-refractivity contribution in [3.8, 4) is 11.4 Å². The molecule has 6 nitrogen and oxygen atoms in total. The van der Waals surface area contributed by atoms with Gasteiger partial charge in [0.2, 0.25) is 11.1 Å². The summed E-state index contributed by atoms with van der Waals surface area (Å²) in [6.45, 7) is 3.71. The molecule has 8 heteroatoms. The van der Waals surface area contributed by atoms with Crippen molar-refractivity contribution >= 4 is 23.4 Å². The molecule has 0 radical (unpaired) electrons. The fourth-order valence-corrected chi connectivity index (χ4v) is 3.12. The third-order valence-corrected chi connectivity index (χ3v) is 4.87. The Morgan fingerprint density at radius 2 is 1.88 bits per heavy atom. The van der Waals surface area contributed by atoms with Crippen molar-refractivity contribution in [2.45, 2.75) is 24.3 Å². The molecule has 26 heavy (non-hydrogen) atoms. The molecule has 1 heterocycles. The lowest BCUT2D eigenvalue weighted by Crippen LogP contribution is -2.23. The van der Waals surface area contributed by atoms with E-state index >= 15 is 0 Å². The number of carbonyl (C=O) groups is 1. The van der Waals surface area contributed by atoms with Crippen LogP contribution in [0.1, 0.15) is 12.5 Å². The number of hydrogen-bond acceptors (Lipinski definition) is 5. The minimum atomic E-state index is -0.462. The lowest BCUT2D eigenvalue weighted by Gasteiger charge is -2.11. The van der Waals surface area contributed by atoms with Gasteiger partial charge in [0.1, 0.15) is 5.82 Å². The Morgan fingerprint density at radius 1 is 1.19 bits per heavy atom. The van der Waals surface area contributed by atoms with Gasteiger partial charge in [-0.2, -0.15) is 0 Å². The SMILES string of the molecule is Cc1ccccc1-c1nnc(S[C@@H](C)C(=O)Nc2ccc(F)cc2)n1N. The average molecular weight is 371 g/mol. The summed E-state index contributed by atoms with van der Waals surface area (Å²) in [6, 6.07) is 13.3. The van der Waals surface area contributed by atoms with Gasteiger partial charge in [-0.15, -0.1) is 10.2 Å². The quantitative estimate of drug-likeness (QED) is 0.531. The number of thioether (sulfide) groups is 1. The molecular weight excluding hydrogens is 353 g/mol. The number of aryl methyl sites for hydroxylation is 1. The number of rotatable bonds is 5. The van der Waals surface area contributed by atoms with E-state index in [-0.39, 0.29) is 11.7 Å². The Hall–Kier alpha value is -2.87. The molecule has 0 aliphatic rings. The Bertz CT molecular complexity index is 926. The largest absolute Gasteiger partial charge is 0.335 e. The van der Waals surface area contributed by atoms with Crippen molar-refractivity contribution in [3.63, 3.8) is 0 Å². The van der Waals surface area contributed by atoms with E-state index < -0.39 is 5.25 Å². The normalized spacial score (nSPS) is 12.0. The first kappa shape index (κ1) is 17.9. The third-order valence-electron chi connectivity index (χ3n) is 3.81. The highest BCUT2D eigenvalue weighted by molar-refractivity contribution is 8.00. The first-order valence-electron chi connectivity index (χ1n) is 7.95. The number of hydrogen-bond donors (Lipinski definition) is 2. The molecule has 1 amide bonds. The van der Waals surface area contributed by atoms with Gasteiger partial charge in [0.15, 0.2) is 5.82 Å². The first-order chi connectivity index (χ1) is 12.5. The summed E-state index contributed by atoms with van der Waals surface area (Å²) in [5.41, 5.74) is 2.45. The van der Waals surface area contributed by atoms with Crippen LogP contribution in [0.15, 0.2) is 53.7 Å². The Balaban J connectivity index is 1.71. The monoisotopic (exact) mass is 371 g/mol. The van der Waals surface area contributed by atoms with Gasteiger partial charge < -0.3 is 11.2 Å². The van der Waals surface area contributed by atoms with Crippen LogP contribution in [0.4, 0.5) is 10.1 Å². The predicted molar refractivity (Wildman–Crippen MR) is 101 cm³/mol. The van der Waals surface area contributed by atoms with Crippen LogP contribution in [0.3, 0.4) is 0 Å². The molecule has 0 saturated heterocycles. The van der Waals surface area contributed by atoms with Gasteiger partial charge in [-0.3, -0.25) is 4.79 Å². The number of aromatic nitrogens is 3. The second-order valence-corrected chi connectivity index (χ2v) is 7.06. The fraction of sp³-hybridized carbons (Fsp3) is 0.167. The molecule has 0 unspecified atom stereocenters. The Labute approximate surface area is 154 Å². The number of nitrogens with zero attached hydrogens (tertiary/aromatic N) is 3. The molecular formula is C18H18FN5OS. The number of halogens is 1. The highest BCUT2D eigenvalue weighted by atomic mass is 32.2. The number of nitrogens with one attached hydrogen (secondary N) is 1. The van der Waals surface area contributed by atoms with Gasteiger partial charge >= 0.3 is 0 Å². The summed E-state index contributed by atoms with van der Waals surface area (Å²) in [6.07, 6.45) is 0. The van der Waals surface area contributed by atoms with Crippen LogP contribution in [-0.4, -0.2) is 26.0 Å². The maximum atomic E-state index is 12.9. The Morgan fingerprint density at radius 3 is 2.58 bits per heavy atom. The van der Waals surface area contributed by atoms with Crippen LogP contribution in [0.2, 0.25) is 0 Å². The van der Waals surface area contributed by atoms with Gasteiger partial charge in [-0.05, 0) is 43.7 Å². The zero-order valence-electron chi connectivity index (χ0n) is 14.3. The maximum absolute atomic E-state index is 12.9. The fourth-order valence-electron chi connectivity index (χ4n) is 2.35. The lowest BCUT2D eigenvalue weighted by atomic mass is 10.1. The minimum Gasteiger partial charge on any atom is -0.335 e. The summed E-state index contributed by atoms with van der Waals surface area (Å²) in [4.78, 5) is 12.3. The van der Waals surface area contributed by atoms with Crippen LogP contribution < -0.4 is 11.2 Å². The molecule has 0 fully saturated rings. The number of nitrogens with two attached hydrogens (primary N) is 1. The van der Waals surface area contributed by atoms with Crippen molar-refractivity contribution < 1.29 is 9.18 Å². The summed E-state index contributed by atoms with van der Waals surface area (Å²) in [5, 5.41) is 10.9. The van der Waals surface area contributed by atoms with E-state index in [1.165, 1.54) is 40.7 Å². The topological polar surface area (TPSA) is 85.8 Å². The number of amides is 1. The van der Waals surface area contributed by atoms with E-state index in [4.69, 9.17) is 5.84 Å². The highest BCUT2D eigenvalue weighted by Gasteiger charge is 2.20. The molecule has 1 atom stereocenters. The second kappa shape index (κ2) is 7.57. The summed E-state index contributed by atoms with van der Waals surface area (Å²) < 4.78 is 14.3. The van der Waals surface area contributed by atoms with E-state index in [0.717, 1.165) is 11.1 Å². The van der Waals surface area contributed by atoms with Gasteiger partial charge in [-0.1, -0.05) is 36.0 Å². The predicted octanol–water partition coefficient (Wildman–Crippen LogP) is 3.23. The Kier molecular flexibility index (Phi) is 5.22. The number of carbonyl (C=O) groups excluding carboxylic acids is 1. The van der Waals surface area contributed by atoms with E-state index in [0.29, 0.717) is 16.7 Å². The molecule has 3 aromatic rings. The van der Waals surface area contributed by atoms with Crippen molar-refractivity contribution in [1.82, 2.24) is 14.9 Å². The maximum Gasteiger partial charge on any atom is 0.237 e. The summed E-state index contributed by atoms with van der Waals surface area (Å²) in [7, 11) is 0. The lowest BCUT2D eigenvalue weighted by molar-refractivity contribution is -0.115. The van der Waals surface area contributed by atoms with Gasteiger partial charge in [0, 0.05) is 11.3 Å². The zero-order chi connectivity index (χ0) is 18.7. The van der Waals surface area contributed by atoms with Crippen LogP contribution in [0.5, 0.6) is 0 Å². The summed E-state index contributed by atoms with van der Waals surface area (Å²) in [5.74, 6) is 6.07. The molecule has 134 valence electrons. The standard InChI is InChI=1S/C18H18FN5OS/c1-11-5-3-4-6-15(11)16-22-23-18(24(16)20)26-12(2)17(25)21-14-9-7-13(19)8-10-14/h3-10,12H,20H2,1-2H3,(H,21,25)/t12-/m0/s1. The first-order valence-corrected chi connectivity index (χ1v) is 8.83. The van der Waals surface area contributed by atoms with Gasteiger partial charge in [0.05, 0.1) is 5.25 Å². The molecule has 1 aromatic heterocycles. The third kappa shape index (κ3) is 3.85. The van der Waals surface area contributed by atoms with Crippen LogP contribution in [-0.2, 0) is 4.79 Å². The van der Waals surface area contributed by atoms with E-state index in [9.17, 15) is 9.18 Å². The van der Waals surface area contributed by atoms with Crippen LogP contribution >= 0.6 is 11.8 Å². The van der Waals surface area contributed by atoms with Crippen molar-refractivity contribution in [2.75, 3.05) is 11.2 Å². The van der Waals surface area contributed by atoms with Gasteiger partial charge in [0.25, 0.3) is 0 Å². The van der Waals surface area contributed by atoms with E-state index in [2.05, 4.69) is 15.5 Å². The number of nitrogen functional groups attached to an aromatic ring is 1. The summed E-state index contributed by atoms with van der Waals surface area (Å²) >= 11 is 1.20. The van der Waals surface area contributed by atoms with Crippen molar-refractivity contribution in [2.24, 2.45) is 0 Å². The molecule has 0 aliphatic heterocycles.